The second kappa shape index (κ2) is 18.0. The van der Waals surface area contributed by atoms with Gasteiger partial charge in [0.25, 0.3) is 5.91 Å². The highest BCUT2D eigenvalue weighted by atomic mass is 16.7. The van der Waals surface area contributed by atoms with Crippen molar-refractivity contribution in [2.45, 2.75) is 79.9 Å². The lowest BCUT2D eigenvalue weighted by Crippen LogP contribution is -2.47. The van der Waals surface area contributed by atoms with E-state index in [2.05, 4.69) is 5.32 Å². The molecule has 4 atom stereocenters. The Morgan fingerprint density at radius 2 is 1.48 bits per heavy atom. The van der Waals surface area contributed by atoms with Crippen molar-refractivity contribution in [3.05, 3.63) is 64.1 Å². The molecule has 0 saturated carbocycles. The number of amides is 1. The van der Waals surface area contributed by atoms with Crippen LogP contribution in [0.4, 0.5) is 0 Å². The van der Waals surface area contributed by atoms with Gasteiger partial charge < -0.3 is 38.3 Å². The molecule has 0 aliphatic carbocycles. The quantitative estimate of drug-likeness (QED) is 0.182. The fraction of sp³-hybridized carbons (Fsp3) is 0.514. The zero-order valence-corrected chi connectivity index (χ0v) is 29.2. The maximum absolute atomic E-state index is 13.9. The van der Waals surface area contributed by atoms with Crippen molar-refractivity contribution in [3.8, 4) is 5.75 Å². The third-order valence-electron chi connectivity index (χ3n) is 7.51. The molecular weight excluding hydrogens is 656 g/mol. The van der Waals surface area contributed by atoms with Crippen molar-refractivity contribution in [1.82, 2.24) is 9.88 Å². The number of pyridine rings is 1. The highest BCUT2D eigenvalue weighted by Crippen LogP contribution is 2.25. The number of nitrogens with zero attached hydrogens (tertiary/aromatic N) is 1. The van der Waals surface area contributed by atoms with E-state index in [1.165, 1.54) is 13.1 Å². The molecule has 0 radical (unpaired) electrons. The Morgan fingerprint density at radius 3 is 2.10 bits per heavy atom. The van der Waals surface area contributed by atoms with E-state index in [0.717, 1.165) is 16.2 Å². The fourth-order valence-corrected chi connectivity index (χ4v) is 4.63. The summed E-state index contributed by atoms with van der Waals surface area (Å²) in [5.74, 6) is -8.04. The standard InChI is InChI=1S/C35H44N2O13/c1-19(2)31(40)46-17-37-14-13-26(38)29(47-18-48-32(41)20(3)4)27(37)30(39)36-25-16-45-34(43)24(15-23-11-9-8-10-12-23)28(22(7)49-35(25)44)50-33(42)21(5)6/h8-14,19-22,24-25,28H,15-18H2,1-7H3,(H,36,39)/t22-,24+,25?,28-/m0/s1. The topological polar surface area (TPSA) is 192 Å². The van der Waals surface area contributed by atoms with Crippen LogP contribution in [-0.2, 0) is 60.8 Å². The first-order valence-electron chi connectivity index (χ1n) is 16.2. The minimum absolute atomic E-state index is 0.0854. The van der Waals surface area contributed by atoms with Gasteiger partial charge in [0, 0.05) is 12.3 Å². The molecule has 1 aromatic carbocycles. The van der Waals surface area contributed by atoms with Crippen molar-refractivity contribution < 1.29 is 57.2 Å². The van der Waals surface area contributed by atoms with Gasteiger partial charge in [0.2, 0.25) is 12.2 Å². The van der Waals surface area contributed by atoms with Gasteiger partial charge >= 0.3 is 29.8 Å². The Hall–Kier alpha value is -5.21. The average molecular weight is 701 g/mol. The molecule has 50 heavy (non-hydrogen) atoms. The predicted molar refractivity (Wildman–Crippen MR) is 174 cm³/mol. The van der Waals surface area contributed by atoms with Crippen LogP contribution in [0, 0.1) is 23.7 Å². The van der Waals surface area contributed by atoms with Crippen molar-refractivity contribution >= 4 is 35.8 Å². The van der Waals surface area contributed by atoms with Crippen LogP contribution in [0.25, 0.3) is 0 Å². The molecule has 1 aliphatic heterocycles. The third kappa shape index (κ3) is 10.6. The average Bonchev–Trinajstić information content (AvgIpc) is 3.10. The van der Waals surface area contributed by atoms with E-state index >= 15 is 0 Å². The molecule has 15 heteroatoms. The van der Waals surface area contributed by atoms with Crippen LogP contribution in [0.2, 0.25) is 0 Å². The Bertz CT molecular complexity index is 1600. The molecule has 1 aromatic heterocycles. The number of hydrogen-bond donors (Lipinski definition) is 1. The molecule has 1 amide bonds. The fourth-order valence-electron chi connectivity index (χ4n) is 4.63. The number of benzene rings is 1. The molecule has 1 N–H and O–H groups in total. The normalized spacial score (nSPS) is 19.4. The minimum Gasteiger partial charge on any atom is -0.463 e. The Balaban J connectivity index is 1.96. The predicted octanol–water partition coefficient (Wildman–Crippen LogP) is 2.55. The van der Waals surface area contributed by atoms with Gasteiger partial charge in [-0.2, -0.15) is 0 Å². The molecule has 15 nitrogen and oxygen atoms in total. The van der Waals surface area contributed by atoms with Crippen molar-refractivity contribution in [1.29, 1.82) is 0 Å². The number of aromatic nitrogens is 1. The van der Waals surface area contributed by atoms with Crippen molar-refractivity contribution in [2.75, 3.05) is 13.4 Å². The molecule has 0 bridgehead atoms. The van der Waals surface area contributed by atoms with Crippen molar-refractivity contribution in [3.63, 3.8) is 0 Å². The molecule has 1 saturated heterocycles. The first kappa shape index (κ1) is 39.2. The molecule has 2 heterocycles. The summed E-state index contributed by atoms with van der Waals surface area (Å²) >= 11 is 0. The number of carbonyl (C=O) groups excluding carboxylic acids is 6. The zero-order chi connectivity index (χ0) is 37.1. The summed E-state index contributed by atoms with van der Waals surface area (Å²) in [4.78, 5) is 90.7. The largest absolute Gasteiger partial charge is 0.463 e. The maximum atomic E-state index is 13.9. The van der Waals surface area contributed by atoms with Crippen LogP contribution in [0.5, 0.6) is 5.75 Å². The summed E-state index contributed by atoms with van der Waals surface area (Å²) in [6.07, 6.45) is -1.14. The van der Waals surface area contributed by atoms with E-state index in [-0.39, 0.29) is 6.42 Å². The smallest absolute Gasteiger partial charge is 0.332 e. The number of cyclic esters (lactones) is 2. The Morgan fingerprint density at radius 1 is 0.860 bits per heavy atom. The molecule has 1 aliphatic rings. The Labute approximate surface area is 289 Å². The first-order chi connectivity index (χ1) is 23.6. The van der Waals surface area contributed by atoms with Gasteiger partial charge in [0.05, 0.1) is 17.8 Å². The molecule has 2 aromatic rings. The minimum atomic E-state index is -1.61. The van der Waals surface area contributed by atoms with Gasteiger partial charge in [-0.1, -0.05) is 71.9 Å². The molecular formula is C35H44N2O13. The number of rotatable bonds is 13. The van der Waals surface area contributed by atoms with E-state index in [4.69, 9.17) is 28.4 Å². The van der Waals surface area contributed by atoms with Gasteiger partial charge in [0.1, 0.15) is 18.6 Å². The van der Waals surface area contributed by atoms with E-state index in [0.29, 0.717) is 0 Å². The van der Waals surface area contributed by atoms with Gasteiger partial charge in [-0.25, -0.2) is 4.79 Å². The number of ether oxygens (including phenoxy) is 6. The van der Waals surface area contributed by atoms with E-state index < -0.39 is 115 Å². The van der Waals surface area contributed by atoms with Crippen molar-refractivity contribution in [2.24, 2.45) is 23.7 Å². The number of carbonyl (C=O) groups is 6. The van der Waals surface area contributed by atoms with Crippen LogP contribution in [0.15, 0.2) is 47.4 Å². The lowest BCUT2D eigenvalue weighted by atomic mass is 9.91. The number of hydrogen-bond acceptors (Lipinski definition) is 13. The molecule has 1 unspecified atom stereocenters. The van der Waals surface area contributed by atoms with Crippen LogP contribution >= 0.6 is 0 Å². The molecule has 272 valence electrons. The monoisotopic (exact) mass is 700 g/mol. The zero-order valence-electron chi connectivity index (χ0n) is 29.2. The summed E-state index contributed by atoms with van der Waals surface area (Å²) in [5.41, 5.74) is -0.556. The lowest BCUT2D eigenvalue weighted by Gasteiger charge is -2.29. The van der Waals surface area contributed by atoms with Gasteiger partial charge in [-0.3, -0.25) is 28.8 Å². The van der Waals surface area contributed by atoms with E-state index in [9.17, 15) is 33.6 Å². The highest BCUT2D eigenvalue weighted by molar-refractivity contribution is 5.98. The van der Waals surface area contributed by atoms with Gasteiger partial charge in [0.15, 0.2) is 30.3 Å². The molecule has 3 rings (SSSR count). The van der Waals surface area contributed by atoms with Crippen LogP contribution < -0.4 is 15.5 Å². The highest BCUT2D eigenvalue weighted by Gasteiger charge is 2.42. The van der Waals surface area contributed by atoms with E-state index in [1.54, 1.807) is 71.9 Å². The lowest BCUT2D eigenvalue weighted by molar-refractivity contribution is -0.176. The number of nitrogens with one attached hydrogen (secondary N) is 1. The van der Waals surface area contributed by atoms with Crippen LogP contribution in [0.3, 0.4) is 0 Å². The summed E-state index contributed by atoms with van der Waals surface area (Å²) in [7, 11) is 0. The van der Waals surface area contributed by atoms with Crippen LogP contribution in [0.1, 0.15) is 64.5 Å². The first-order valence-corrected chi connectivity index (χ1v) is 16.2. The number of esters is 5. The maximum Gasteiger partial charge on any atom is 0.332 e. The Kier molecular flexibility index (Phi) is 14.1. The summed E-state index contributed by atoms with van der Waals surface area (Å²) in [5, 5.41) is 2.41. The summed E-state index contributed by atoms with van der Waals surface area (Å²) in [6, 6.07) is 8.35. The van der Waals surface area contributed by atoms with E-state index in [1.807, 2.05) is 0 Å². The summed E-state index contributed by atoms with van der Waals surface area (Å²) < 4.78 is 33.6. The van der Waals surface area contributed by atoms with Crippen LogP contribution in [-0.4, -0.2) is 72.0 Å². The summed E-state index contributed by atoms with van der Waals surface area (Å²) in [6.45, 7) is 9.10. The van der Waals surface area contributed by atoms with Gasteiger partial charge in [-0.15, -0.1) is 0 Å². The van der Waals surface area contributed by atoms with Gasteiger partial charge in [-0.05, 0) is 18.9 Å². The molecule has 1 fully saturated rings. The molecule has 0 spiro atoms. The SMILES string of the molecule is CC(C)C(=O)OCOc1c(C(=O)NC2COC(=O)[C@H](Cc3ccccc3)[C@@H](OC(=O)C(C)C)[C@H](C)OC2=O)n(COC(=O)C(C)C)ccc1=O. The second-order valence-electron chi connectivity index (χ2n) is 12.6. The third-order valence-corrected chi connectivity index (χ3v) is 7.51. The second-order valence-corrected chi connectivity index (χ2v) is 12.6.